The van der Waals surface area contributed by atoms with Gasteiger partial charge >= 0.3 is 12.1 Å². The average Bonchev–Trinajstić information content (AvgIpc) is 3.50. The van der Waals surface area contributed by atoms with Gasteiger partial charge in [-0.2, -0.15) is 13.2 Å². The summed E-state index contributed by atoms with van der Waals surface area (Å²) < 4.78 is 54.3. The first-order valence-corrected chi connectivity index (χ1v) is 17.9. The fourth-order valence-electron chi connectivity index (χ4n) is 7.63. The number of benzene rings is 2. The van der Waals surface area contributed by atoms with Crippen LogP contribution >= 0.6 is 11.6 Å². The summed E-state index contributed by atoms with van der Waals surface area (Å²) in [4.78, 5) is 20.1. The number of halogens is 4. The van der Waals surface area contributed by atoms with Crippen molar-refractivity contribution in [3.63, 3.8) is 0 Å². The van der Waals surface area contributed by atoms with Crippen LogP contribution in [0.25, 0.3) is 22.4 Å². The first-order valence-electron chi connectivity index (χ1n) is 17.5. The Morgan fingerprint density at radius 1 is 0.981 bits per heavy atom. The van der Waals surface area contributed by atoms with Gasteiger partial charge in [0.15, 0.2) is 0 Å². The van der Waals surface area contributed by atoms with Gasteiger partial charge in [-0.15, -0.1) is 0 Å². The van der Waals surface area contributed by atoms with Gasteiger partial charge in [-0.25, -0.2) is 9.97 Å². The number of carbonyl (C=O) groups is 1. The number of unbranched alkanes of at least 4 members (excludes halogenated alkanes) is 1. The smallest absolute Gasteiger partial charge is 0.418 e. The topological polar surface area (TPSA) is 114 Å². The number of nitrogens with zero attached hydrogens (tertiary/aromatic N) is 2. The van der Waals surface area contributed by atoms with Crippen LogP contribution in [0.4, 0.5) is 13.2 Å². The molecule has 276 valence electrons. The van der Waals surface area contributed by atoms with Crippen LogP contribution in [0.1, 0.15) is 84.9 Å². The molecule has 12 heteroatoms. The summed E-state index contributed by atoms with van der Waals surface area (Å²) in [6.45, 7) is 2.38. The number of nitrogens with one attached hydrogen (secondary N) is 1. The molecule has 2 aromatic carbocycles. The van der Waals surface area contributed by atoms with E-state index in [4.69, 9.17) is 31.2 Å². The maximum atomic E-state index is 14.4. The van der Waals surface area contributed by atoms with Gasteiger partial charge in [-0.05, 0) is 93.0 Å². The van der Waals surface area contributed by atoms with E-state index in [1.165, 1.54) is 7.11 Å². The summed E-state index contributed by atoms with van der Waals surface area (Å²) in [7, 11) is 2.96. The van der Waals surface area contributed by atoms with Crippen LogP contribution in [0.2, 0.25) is 5.02 Å². The standard InChI is InChI=1S/C40H43ClF3N3O5/c1-39(50)20-26(21-39)45-22-25-15-17-33(46-38(25)52-3)31-12-7-11-30(36(31)41)28-10-6-9-27-23(14-16-29(27)28)19-34-32(40(42,43)44)18-24(37(47-34)51-2)8-4-5-13-35(48)49/h6-7,9-12,15,17-18,23,26,45,50H,4-5,8,13-14,16,19-22H2,1-3H3,(H,48,49)/t23-,26?,39?/m1/s1. The predicted molar refractivity (Wildman–Crippen MR) is 193 cm³/mol. The molecule has 1 atom stereocenters. The molecular formula is C40H43ClF3N3O5. The number of aryl methyl sites for hydroxylation is 1. The quantitative estimate of drug-likeness (QED) is 0.110. The zero-order valence-electron chi connectivity index (χ0n) is 29.4. The van der Waals surface area contributed by atoms with E-state index in [2.05, 4.69) is 10.3 Å². The molecule has 0 unspecified atom stereocenters. The van der Waals surface area contributed by atoms with Crippen molar-refractivity contribution in [3.8, 4) is 34.1 Å². The minimum absolute atomic E-state index is 0.0531. The zero-order chi connectivity index (χ0) is 37.2. The molecule has 0 amide bonds. The molecule has 6 rings (SSSR count). The largest absolute Gasteiger partial charge is 0.481 e. The van der Waals surface area contributed by atoms with Gasteiger partial charge in [-0.3, -0.25) is 4.79 Å². The molecular weight excluding hydrogens is 695 g/mol. The van der Waals surface area contributed by atoms with Crippen molar-refractivity contribution in [3.05, 3.63) is 93.1 Å². The summed E-state index contributed by atoms with van der Waals surface area (Å²) in [5.41, 5.74) is 4.85. The van der Waals surface area contributed by atoms with Crippen LogP contribution in [-0.4, -0.2) is 52.0 Å². The van der Waals surface area contributed by atoms with Crippen LogP contribution in [0, 0.1) is 0 Å². The van der Waals surface area contributed by atoms with Crippen molar-refractivity contribution in [2.24, 2.45) is 0 Å². The van der Waals surface area contributed by atoms with Gasteiger partial charge in [0.05, 0.1) is 41.8 Å². The molecule has 4 aromatic rings. The van der Waals surface area contributed by atoms with Crippen molar-refractivity contribution in [1.29, 1.82) is 0 Å². The SMILES string of the molecule is COc1nc(-c2cccc(-c3cccc4c3CC[C@@H]4Cc3nc(OC)c(CCCCC(=O)O)cc3C(F)(F)F)c2Cl)ccc1CNC1CC(C)(O)C1. The molecule has 0 saturated heterocycles. The number of aliphatic hydroxyl groups is 1. The predicted octanol–water partition coefficient (Wildman–Crippen LogP) is 8.57. The summed E-state index contributed by atoms with van der Waals surface area (Å²) in [5, 5.41) is 22.9. The van der Waals surface area contributed by atoms with Crippen molar-refractivity contribution in [2.75, 3.05) is 14.2 Å². The lowest BCUT2D eigenvalue weighted by molar-refractivity contribution is -0.139. The van der Waals surface area contributed by atoms with Gasteiger partial charge in [0.2, 0.25) is 11.8 Å². The molecule has 2 heterocycles. The Morgan fingerprint density at radius 2 is 1.67 bits per heavy atom. The summed E-state index contributed by atoms with van der Waals surface area (Å²) in [5.74, 6) is -0.527. The zero-order valence-corrected chi connectivity index (χ0v) is 30.2. The molecule has 1 fully saturated rings. The van der Waals surface area contributed by atoms with E-state index in [0.29, 0.717) is 67.2 Å². The highest BCUT2D eigenvalue weighted by atomic mass is 35.5. The number of pyridine rings is 2. The normalized spacial score (nSPS) is 19.6. The van der Waals surface area contributed by atoms with Crippen LogP contribution in [0.3, 0.4) is 0 Å². The fourth-order valence-corrected chi connectivity index (χ4v) is 7.95. The van der Waals surface area contributed by atoms with Crippen molar-refractivity contribution >= 4 is 17.6 Å². The lowest BCUT2D eigenvalue weighted by atomic mass is 9.77. The fraction of sp³-hybridized carbons (Fsp3) is 0.425. The van der Waals surface area contributed by atoms with Crippen molar-refractivity contribution < 1.29 is 37.7 Å². The monoisotopic (exact) mass is 737 g/mol. The van der Waals surface area contributed by atoms with E-state index in [9.17, 15) is 23.1 Å². The molecule has 52 heavy (non-hydrogen) atoms. The maximum absolute atomic E-state index is 14.4. The van der Waals surface area contributed by atoms with Crippen molar-refractivity contribution in [1.82, 2.24) is 15.3 Å². The lowest BCUT2D eigenvalue weighted by Gasteiger charge is -2.41. The van der Waals surface area contributed by atoms with E-state index < -0.39 is 23.3 Å². The number of alkyl halides is 3. The van der Waals surface area contributed by atoms with Crippen LogP contribution in [0.5, 0.6) is 11.8 Å². The Labute approximate surface area is 306 Å². The molecule has 0 radical (unpaired) electrons. The van der Waals surface area contributed by atoms with Crippen molar-refractivity contribution in [2.45, 2.75) is 95.0 Å². The van der Waals surface area contributed by atoms with Crippen LogP contribution < -0.4 is 14.8 Å². The minimum Gasteiger partial charge on any atom is -0.481 e. The number of hydrogen-bond donors (Lipinski definition) is 3. The van der Waals surface area contributed by atoms with E-state index >= 15 is 0 Å². The van der Waals surface area contributed by atoms with Crippen LogP contribution in [-0.2, 0) is 36.8 Å². The average molecular weight is 738 g/mol. The lowest BCUT2D eigenvalue weighted by Crippen LogP contribution is -2.51. The highest BCUT2D eigenvalue weighted by Crippen LogP contribution is 2.45. The molecule has 2 aliphatic carbocycles. The number of rotatable bonds is 14. The van der Waals surface area contributed by atoms with Gasteiger partial charge in [-0.1, -0.05) is 54.1 Å². The van der Waals surface area contributed by atoms with E-state index in [0.717, 1.165) is 39.4 Å². The molecule has 0 aliphatic heterocycles. The number of hydrogen-bond acceptors (Lipinski definition) is 7. The Morgan fingerprint density at radius 3 is 2.37 bits per heavy atom. The number of fused-ring (bicyclic) bond motifs is 1. The number of carboxylic acid groups (broad SMARTS) is 1. The van der Waals surface area contributed by atoms with Gasteiger partial charge in [0.1, 0.15) is 0 Å². The van der Waals surface area contributed by atoms with E-state index in [1.807, 2.05) is 55.5 Å². The maximum Gasteiger partial charge on any atom is 0.418 e. The molecule has 3 N–H and O–H groups in total. The second kappa shape index (κ2) is 15.4. The summed E-state index contributed by atoms with van der Waals surface area (Å²) >= 11 is 7.12. The molecule has 0 spiro atoms. The third kappa shape index (κ3) is 8.22. The Hall–Kier alpha value is -4.19. The Bertz CT molecular complexity index is 1940. The van der Waals surface area contributed by atoms with E-state index in [-0.39, 0.29) is 42.8 Å². The van der Waals surface area contributed by atoms with Crippen LogP contribution in [0.15, 0.2) is 54.6 Å². The van der Waals surface area contributed by atoms with Gasteiger partial charge < -0.3 is 25.0 Å². The molecule has 8 nitrogen and oxygen atoms in total. The summed E-state index contributed by atoms with van der Waals surface area (Å²) in [6.07, 6.45) is -0.904. The number of aromatic nitrogens is 2. The number of aliphatic carboxylic acids is 1. The minimum atomic E-state index is -4.62. The van der Waals surface area contributed by atoms with E-state index in [1.54, 1.807) is 7.11 Å². The number of carboxylic acids is 1. The summed E-state index contributed by atoms with van der Waals surface area (Å²) in [6, 6.07) is 16.9. The molecule has 2 aliphatic rings. The van der Waals surface area contributed by atoms with Gasteiger partial charge in [0, 0.05) is 41.3 Å². The highest BCUT2D eigenvalue weighted by Gasteiger charge is 2.39. The first kappa shape index (κ1) is 37.6. The Balaban J connectivity index is 1.25. The number of ether oxygens (including phenoxy) is 2. The molecule has 2 aromatic heterocycles. The molecule has 0 bridgehead atoms. The first-order chi connectivity index (χ1) is 24.8. The second-order valence-electron chi connectivity index (χ2n) is 14.1. The third-order valence-corrected chi connectivity index (χ3v) is 10.6. The number of methoxy groups -OCH3 is 2. The Kier molecular flexibility index (Phi) is 11.1. The second-order valence-corrected chi connectivity index (χ2v) is 14.5. The molecule has 1 saturated carbocycles. The third-order valence-electron chi connectivity index (χ3n) is 10.2. The van der Waals surface area contributed by atoms with Gasteiger partial charge in [0.25, 0.3) is 0 Å². The highest BCUT2D eigenvalue weighted by molar-refractivity contribution is 6.36.